The lowest BCUT2D eigenvalue weighted by atomic mass is 10.3. The standard InChI is InChI=1S/C12H19N5/c1-4-17-12(7-10(2)14-17)9-16-6-5-11(15-16)8-13-3/h5-7,13H,4,8-9H2,1-3H3. The third-order valence-corrected chi connectivity index (χ3v) is 2.66. The topological polar surface area (TPSA) is 47.7 Å². The van der Waals surface area contributed by atoms with Crippen molar-refractivity contribution in [3.8, 4) is 0 Å². The molecular weight excluding hydrogens is 214 g/mol. The van der Waals surface area contributed by atoms with Crippen LogP contribution >= 0.6 is 0 Å². The zero-order valence-corrected chi connectivity index (χ0v) is 10.6. The molecule has 0 aliphatic heterocycles. The average molecular weight is 233 g/mol. The highest BCUT2D eigenvalue weighted by Gasteiger charge is 2.05. The van der Waals surface area contributed by atoms with Crippen molar-refractivity contribution in [2.75, 3.05) is 7.05 Å². The molecule has 1 N–H and O–H groups in total. The maximum absolute atomic E-state index is 4.49. The summed E-state index contributed by atoms with van der Waals surface area (Å²) in [7, 11) is 1.93. The molecule has 2 heterocycles. The maximum atomic E-state index is 4.49. The molecule has 0 aromatic carbocycles. The van der Waals surface area contributed by atoms with Crippen molar-refractivity contribution in [1.29, 1.82) is 0 Å². The van der Waals surface area contributed by atoms with E-state index in [-0.39, 0.29) is 0 Å². The molecule has 5 nitrogen and oxygen atoms in total. The summed E-state index contributed by atoms with van der Waals surface area (Å²) in [4.78, 5) is 0. The van der Waals surface area contributed by atoms with Crippen LogP contribution < -0.4 is 5.32 Å². The molecule has 2 aromatic rings. The molecule has 0 saturated carbocycles. The zero-order chi connectivity index (χ0) is 12.3. The van der Waals surface area contributed by atoms with E-state index < -0.39 is 0 Å². The van der Waals surface area contributed by atoms with E-state index in [9.17, 15) is 0 Å². The van der Waals surface area contributed by atoms with Crippen molar-refractivity contribution in [3.05, 3.63) is 35.4 Å². The van der Waals surface area contributed by atoms with Crippen LogP contribution in [-0.4, -0.2) is 26.6 Å². The molecule has 0 unspecified atom stereocenters. The first kappa shape index (κ1) is 11.9. The molecule has 0 amide bonds. The van der Waals surface area contributed by atoms with Gasteiger partial charge in [0.25, 0.3) is 0 Å². The summed E-state index contributed by atoms with van der Waals surface area (Å²) in [5.41, 5.74) is 3.32. The van der Waals surface area contributed by atoms with E-state index in [1.165, 1.54) is 5.69 Å². The van der Waals surface area contributed by atoms with Gasteiger partial charge in [-0.15, -0.1) is 0 Å². The first-order chi connectivity index (χ1) is 8.22. The molecule has 92 valence electrons. The summed E-state index contributed by atoms with van der Waals surface area (Å²) < 4.78 is 3.98. The lowest BCUT2D eigenvalue weighted by Gasteiger charge is -2.04. The monoisotopic (exact) mass is 233 g/mol. The van der Waals surface area contributed by atoms with Crippen LogP contribution in [0, 0.1) is 6.92 Å². The fraction of sp³-hybridized carbons (Fsp3) is 0.500. The Hall–Kier alpha value is -1.62. The van der Waals surface area contributed by atoms with Crippen LogP contribution in [0.15, 0.2) is 18.3 Å². The van der Waals surface area contributed by atoms with Crippen LogP contribution in [0.2, 0.25) is 0 Å². The van der Waals surface area contributed by atoms with Gasteiger partial charge in [0.2, 0.25) is 0 Å². The third-order valence-electron chi connectivity index (χ3n) is 2.66. The van der Waals surface area contributed by atoms with E-state index in [2.05, 4.69) is 28.5 Å². The van der Waals surface area contributed by atoms with Crippen LogP contribution in [0.4, 0.5) is 0 Å². The van der Waals surface area contributed by atoms with E-state index in [4.69, 9.17) is 0 Å². The number of rotatable bonds is 5. The van der Waals surface area contributed by atoms with Gasteiger partial charge in [-0.2, -0.15) is 10.2 Å². The quantitative estimate of drug-likeness (QED) is 0.843. The van der Waals surface area contributed by atoms with E-state index in [0.717, 1.165) is 31.0 Å². The lowest BCUT2D eigenvalue weighted by molar-refractivity contribution is 0.570. The molecule has 0 fully saturated rings. The summed E-state index contributed by atoms with van der Waals surface area (Å²) in [6.45, 7) is 6.60. The minimum absolute atomic E-state index is 0.776. The second-order valence-electron chi connectivity index (χ2n) is 4.13. The molecule has 2 aromatic heterocycles. The Morgan fingerprint density at radius 2 is 2.18 bits per heavy atom. The Balaban J connectivity index is 2.13. The molecule has 2 rings (SSSR count). The van der Waals surface area contributed by atoms with Crippen molar-refractivity contribution >= 4 is 0 Å². The SMILES string of the molecule is CCn1nc(C)cc1Cn1ccc(CNC)n1. The van der Waals surface area contributed by atoms with E-state index in [1.54, 1.807) is 0 Å². The van der Waals surface area contributed by atoms with Gasteiger partial charge in [-0.25, -0.2) is 0 Å². The largest absolute Gasteiger partial charge is 0.314 e. The van der Waals surface area contributed by atoms with Gasteiger partial charge in [0, 0.05) is 19.3 Å². The van der Waals surface area contributed by atoms with Crippen molar-refractivity contribution in [2.45, 2.75) is 33.5 Å². The van der Waals surface area contributed by atoms with Crippen LogP contribution in [-0.2, 0) is 19.6 Å². The second-order valence-corrected chi connectivity index (χ2v) is 4.13. The predicted molar refractivity (Wildman–Crippen MR) is 66.7 cm³/mol. The summed E-state index contributed by atoms with van der Waals surface area (Å²) >= 11 is 0. The summed E-state index contributed by atoms with van der Waals surface area (Å²) in [6, 6.07) is 4.15. The molecule has 0 aliphatic carbocycles. The smallest absolute Gasteiger partial charge is 0.0828 e. The normalized spacial score (nSPS) is 11.0. The number of nitrogens with one attached hydrogen (secondary N) is 1. The van der Waals surface area contributed by atoms with Gasteiger partial charge in [-0.1, -0.05) is 0 Å². The molecule has 0 aliphatic rings. The Kier molecular flexibility index (Phi) is 3.58. The number of aromatic nitrogens is 4. The minimum atomic E-state index is 0.776. The molecular formula is C12H19N5. The van der Waals surface area contributed by atoms with Gasteiger partial charge >= 0.3 is 0 Å². The maximum Gasteiger partial charge on any atom is 0.0828 e. The molecule has 0 radical (unpaired) electrons. The number of hydrogen-bond donors (Lipinski definition) is 1. The van der Waals surface area contributed by atoms with Crippen molar-refractivity contribution < 1.29 is 0 Å². The van der Waals surface area contributed by atoms with Gasteiger partial charge in [0.15, 0.2) is 0 Å². The molecule has 0 spiro atoms. The third kappa shape index (κ3) is 2.74. The first-order valence-electron chi connectivity index (χ1n) is 5.93. The fourth-order valence-corrected chi connectivity index (χ4v) is 1.93. The van der Waals surface area contributed by atoms with Gasteiger partial charge in [0.1, 0.15) is 0 Å². The first-order valence-corrected chi connectivity index (χ1v) is 5.93. The van der Waals surface area contributed by atoms with Crippen LogP contribution in [0.5, 0.6) is 0 Å². The van der Waals surface area contributed by atoms with Crippen LogP contribution in [0.3, 0.4) is 0 Å². The van der Waals surface area contributed by atoms with Gasteiger partial charge in [-0.05, 0) is 33.0 Å². The number of nitrogens with zero attached hydrogens (tertiary/aromatic N) is 4. The molecule has 17 heavy (non-hydrogen) atoms. The van der Waals surface area contributed by atoms with E-state index >= 15 is 0 Å². The Morgan fingerprint density at radius 3 is 2.88 bits per heavy atom. The highest BCUT2D eigenvalue weighted by molar-refractivity contribution is 5.10. The summed E-state index contributed by atoms with van der Waals surface area (Å²) in [5, 5.41) is 12.0. The highest BCUT2D eigenvalue weighted by Crippen LogP contribution is 2.06. The molecule has 0 bridgehead atoms. The van der Waals surface area contributed by atoms with Crippen molar-refractivity contribution in [2.24, 2.45) is 0 Å². The lowest BCUT2D eigenvalue weighted by Crippen LogP contribution is -2.10. The number of aryl methyl sites for hydroxylation is 2. The van der Waals surface area contributed by atoms with Crippen molar-refractivity contribution in [3.63, 3.8) is 0 Å². The molecule has 0 saturated heterocycles. The van der Waals surface area contributed by atoms with Crippen LogP contribution in [0.25, 0.3) is 0 Å². The summed E-state index contributed by atoms with van der Waals surface area (Å²) in [6.07, 6.45) is 2.01. The Morgan fingerprint density at radius 1 is 1.35 bits per heavy atom. The minimum Gasteiger partial charge on any atom is -0.314 e. The van der Waals surface area contributed by atoms with Crippen LogP contribution in [0.1, 0.15) is 24.0 Å². The zero-order valence-electron chi connectivity index (χ0n) is 10.6. The van der Waals surface area contributed by atoms with Gasteiger partial charge < -0.3 is 5.32 Å². The molecule has 0 atom stereocenters. The van der Waals surface area contributed by atoms with Crippen molar-refractivity contribution in [1.82, 2.24) is 24.9 Å². The Bertz CT molecular complexity index is 483. The second kappa shape index (κ2) is 5.14. The summed E-state index contributed by atoms with van der Waals surface area (Å²) in [5.74, 6) is 0. The highest BCUT2D eigenvalue weighted by atomic mass is 15.3. The van der Waals surface area contributed by atoms with Gasteiger partial charge in [0.05, 0.1) is 23.6 Å². The Labute approximate surface area is 101 Å². The number of hydrogen-bond acceptors (Lipinski definition) is 3. The average Bonchev–Trinajstić information content (AvgIpc) is 2.87. The van der Waals surface area contributed by atoms with Gasteiger partial charge in [-0.3, -0.25) is 9.36 Å². The molecule has 5 heteroatoms. The van der Waals surface area contributed by atoms with E-state index in [0.29, 0.717) is 0 Å². The predicted octanol–water partition coefficient (Wildman–Crippen LogP) is 1.18. The fourth-order valence-electron chi connectivity index (χ4n) is 1.93. The van der Waals surface area contributed by atoms with E-state index in [1.807, 2.05) is 35.6 Å².